The molecule has 1 aliphatic rings. The van der Waals surface area contributed by atoms with Crippen LogP contribution in [0.25, 0.3) is 11.5 Å². The second-order valence-electron chi connectivity index (χ2n) is 4.11. The number of aromatic nitrogens is 1. The van der Waals surface area contributed by atoms with Gasteiger partial charge in [-0.1, -0.05) is 12.1 Å². The van der Waals surface area contributed by atoms with Crippen LogP contribution in [0.3, 0.4) is 0 Å². The first-order chi connectivity index (χ1) is 7.84. The van der Waals surface area contributed by atoms with Gasteiger partial charge in [-0.15, -0.1) is 0 Å². The molecule has 0 amide bonds. The summed E-state index contributed by atoms with van der Waals surface area (Å²) in [6.07, 6.45) is 4.31. The summed E-state index contributed by atoms with van der Waals surface area (Å²) in [5, 5.41) is 9.73. The third-order valence-electron chi connectivity index (χ3n) is 2.98. The van der Waals surface area contributed by atoms with Crippen LogP contribution < -0.4 is 0 Å². The van der Waals surface area contributed by atoms with E-state index in [0.717, 1.165) is 24.3 Å². The molecule has 2 aromatic rings. The lowest BCUT2D eigenvalue weighted by atomic mass is 10.0. The number of benzene rings is 1. The molecule has 3 rings (SSSR count). The fourth-order valence-electron chi connectivity index (χ4n) is 2.12. The summed E-state index contributed by atoms with van der Waals surface area (Å²) in [4.78, 5) is 4.46. The molecule has 82 valence electrons. The summed E-state index contributed by atoms with van der Waals surface area (Å²) in [6.45, 7) is 0. The van der Waals surface area contributed by atoms with Gasteiger partial charge in [-0.05, 0) is 31.4 Å². The molecule has 0 aliphatic heterocycles. The fraction of sp³-hybridized carbons (Fsp3) is 0.308. The molecule has 3 heteroatoms. The Kier molecular flexibility index (Phi) is 2.17. The number of phenolic OH excluding ortho intramolecular Hbond substituents is 1. The predicted molar refractivity (Wildman–Crippen MR) is 60.2 cm³/mol. The molecule has 0 saturated carbocycles. The predicted octanol–water partition coefficient (Wildman–Crippen LogP) is 2.93. The quantitative estimate of drug-likeness (QED) is 0.795. The Morgan fingerprint density at radius 3 is 2.75 bits per heavy atom. The van der Waals surface area contributed by atoms with E-state index >= 15 is 0 Å². The summed E-state index contributed by atoms with van der Waals surface area (Å²) >= 11 is 0. The van der Waals surface area contributed by atoms with E-state index in [-0.39, 0.29) is 5.75 Å². The molecule has 1 heterocycles. The highest BCUT2D eigenvalue weighted by molar-refractivity contribution is 5.62. The standard InChI is InChI=1S/C13H13NO2/c15-11-7-3-1-5-9(11)13-14-10-6-2-4-8-12(10)16-13/h1,3,5,7,15H,2,4,6,8H2. The highest BCUT2D eigenvalue weighted by atomic mass is 16.4. The highest BCUT2D eigenvalue weighted by Gasteiger charge is 2.18. The second kappa shape index (κ2) is 3.67. The van der Waals surface area contributed by atoms with Gasteiger partial charge in [0.05, 0.1) is 11.3 Å². The van der Waals surface area contributed by atoms with Gasteiger partial charge in [0.15, 0.2) is 0 Å². The van der Waals surface area contributed by atoms with E-state index in [0.29, 0.717) is 11.5 Å². The summed E-state index contributed by atoms with van der Waals surface area (Å²) in [5.41, 5.74) is 1.74. The van der Waals surface area contributed by atoms with E-state index in [2.05, 4.69) is 4.98 Å². The molecular weight excluding hydrogens is 202 g/mol. The Balaban J connectivity index is 2.07. The lowest BCUT2D eigenvalue weighted by molar-refractivity contribution is 0.464. The molecule has 0 bridgehead atoms. The van der Waals surface area contributed by atoms with Crippen LogP contribution in [0.2, 0.25) is 0 Å². The van der Waals surface area contributed by atoms with Crippen molar-refractivity contribution in [1.82, 2.24) is 4.98 Å². The number of hydrogen-bond donors (Lipinski definition) is 1. The van der Waals surface area contributed by atoms with Crippen molar-refractivity contribution in [2.45, 2.75) is 25.7 Å². The maximum absolute atomic E-state index is 9.73. The second-order valence-corrected chi connectivity index (χ2v) is 4.11. The van der Waals surface area contributed by atoms with Crippen molar-refractivity contribution in [2.75, 3.05) is 0 Å². The average molecular weight is 215 g/mol. The molecule has 0 radical (unpaired) electrons. The number of rotatable bonds is 1. The number of aryl methyl sites for hydroxylation is 2. The number of para-hydroxylation sites is 1. The third-order valence-corrected chi connectivity index (χ3v) is 2.98. The minimum Gasteiger partial charge on any atom is -0.507 e. The van der Waals surface area contributed by atoms with Gasteiger partial charge in [0.1, 0.15) is 11.5 Å². The molecular formula is C13H13NO2. The first-order valence-corrected chi connectivity index (χ1v) is 5.61. The van der Waals surface area contributed by atoms with Crippen molar-refractivity contribution < 1.29 is 9.52 Å². The summed E-state index contributed by atoms with van der Waals surface area (Å²) in [5.74, 6) is 1.76. The van der Waals surface area contributed by atoms with Gasteiger partial charge in [-0.25, -0.2) is 4.98 Å². The zero-order valence-corrected chi connectivity index (χ0v) is 8.94. The van der Waals surface area contributed by atoms with Crippen LogP contribution in [0.4, 0.5) is 0 Å². The van der Waals surface area contributed by atoms with Crippen LogP contribution in [0.1, 0.15) is 24.3 Å². The van der Waals surface area contributed by atoms with Crippen molar-refractivity contribution in [3.63, 3.8) is 0 Å². The summed E-state index contributed by atoms with van der Waals surface area (Å²) in [6, 6.07) is 7.14. The molecule has 1 aliphatic carbocycles. The molecule has 3 nitrogen and oxygen atoms in total. The molecule has 1 N–H and O–H groups in total. The SMILES string of the molecule is Oc1ccccc1-c1nc2c(o1)CCCC2. The van der Waals surface area contributed by atoms with Crippen LogP contribution in [-0.2, 0) is 12.8 Å². The van der Waals surface area contributed by atoms with Crippen molar-refractivity contribution in [3.05, 3.63) is 35.7 Å². The maximum atomic E-state index is 9.73. The van der Waals surface area contributed by atoms with E-state index < -0.39 is 0 Å². The summed E-state index contributed by atoms with van der Waals surface area (Å²) < 4.78 is 5.70. The van der Waals surface area contributed by atoms with Crippen LogP contribution >= 0.6 is 0 Å². The Hall–Kier alpha value is -1.77. The lowest BCUT2D eigenvalue weighted by Gasteiger charge is -2.05. The van der Waals surface area contributed by atoms with Gasteiger partial charge >= 0.3 is 0 Å². The van der Waals surface area contributed by atoms with Crippen molar-refractivity contribution in [2.24, 2.45) is 0 Å². The monoisotopic (exact) mass is 215 g/mol. The van der Waals surface area contributed by atoms with E-state index in [1.165, 1.54) is 12.8 Å². The van der Waals surface area contributed by atoms with Crippen LogP contribution in [-0.4, -0.2) is 10.1 Å². The van der Waals surface area contributed by atoms with Crippen molar-refractivity contribution in [1.29, 1.82) is 0 Å². The van der Waals surface area contributed by atoms with Gasteiger partial charge in [0, 0.05) is 6.42 Å². The Labute approximate surface area is 93.8 Å². The Morgan fingerprint density at radius 1 is 1.12 bits per heavy atom. The van der Waals surface area contributed by atoms with Crippen LogP contribution in [0.15, 0.2) is 28.7 Å². The molecule has 16 heavy (non-hydrogen) atoms. The molecule has 1 aromatic carbocycles. The van der Waals surface area contributed by atoms with Crippen LogP contribution in [0.5, 0.6) is 5.75 Å². The Bertz CT molecular complexity index is 493. The molecule has 0 spiro atoms. The van der Waals surface area contributed by atoms with Crippen molar-refractivity contribution >= 4 is 0 Å². The van der Waals surface area contributed by atoms with Crippen molar-refractivity contribution in [3.8, 4) is 17.2 Å². The molecule has 1 aromatic heterocycles. The number of aromatic hydroxyl groups is 1. The van der Waals surface area contributed by atoms with E-state index in [1.807, 2.05) is 12.1 Å². The minimum atomic E-state index is 0.223. The largest absolute Gasteiger partial charge is 0.507 e. The summed E-state index contributed by atoms with van der Waals surface area (Å²) in [7, 11) is 0. The van der Waals surface area contributed by atoms with Gasteiger partial charge in [0.25, 0.3) is 0 Å². The van der Waals surface area contributed by atoms with Gasteiger partial charge in [-0.2, -0.15) is 0 Å². The number of hydrogen-bond acceptors (Lipinski definition) is 3. The molecule has 0 fully saturated rings. The minimum absolute atomic E-state index is 0.223. The van der Waals surface area contributed by atoms with Crippen LogP contribution in [0, 0.1) is 0 Å². The molecule has 0 saturated heterocycles. The zero-order valence-electron chi connectivity index (χ0n) is 8.94. The first kappa shape index (κ1) is 9.46. The number of phenols is 1. The smallest absolute Gasteiger partial charge is 0.230 e. The topological polar surface area (TPSA) is 46.3 Å². The Morgan fingerprint density at radius 2 is 1.94 bits per heavy atom. The van der Waals surface area contributed by atoms with E-state index in [4.69, 9.17) is 4.42 Å². The lowest BCUT2D eigenvalue weighted by Crippen LogP contribution is -1.99. The number of nitrogens with zero attached hydrogens (tertiary/aromatic N) is 1. The first-order valence-electron chi connectivity index (χ1n) is 5.61. The van der Waals surface area contributed by atoms with E-state index in [1.54, 1.807) is 12.1 Å². The maximum Gasteiger partial charge on any atom is 0.230 e. The van der Waals surface area contributed by atoms with Gasteiger partial charge < -0.3 is 9.52 Å². The highest BCUT2D eigenvalue weighted by Crippen LogP contribution is 2.31. The van der Waals surface area contributed by atoms with Gasteiger partial charge in [0.2, 0.25) is 5.89 Å². The molecule has 0 unspecified atom stereocenters. The normalized spacial score (nSPS) is 14.8. The average Bonchev–Trinajstić information content (AvgIpc) is 2.73. The third kappa shape index (κ3) is 1.48. The van der Waals surface area contributed by atoms with E-state index in [9.17, 15) is 5.11 Å². The fourth-order valence-corrected chi connectivity index (χ4v) is 2.12. The van der Waals surface area contributed by atoms with Gasteiger partial charge in [-0.3, -0.25) is 0 Å². The molecule has 0 atom stereocenters. The zero-order chi connectivity index (χ0) is 11.0. The number of fused-ring (bicyclic) bond motifs is 1. The number of oxazole rings is 1.